The SMILES string of the molecule is C=C(/N=C(/C1=CC=CC(F)=C(F)C1)N(C)C(/C=C\CC)=C/C=C/CC(=O)O)NCCC(/C=C\CC)=C/COC. The number of aliphatic carboxylic acids is 1. The number of halogens is 2. The molecule has 1 rings (SSSR count). The predicted octanol–water partition coefficient (Wildman–Crippen LogP) is 7.22. The van der Waals surface area contributed by atoms with Crippen molar-refractivity contribution in [1.82, 2.24) is 10.2 Å². The molecule has 0 atom stereocenters. The number of ether oxygens (including phenoxy) is 1. The maximum atomic E-state index is 14.5. The van der Waals surface area contributed by atoms with Crippen LogP contribution in [0.5, 0.6) is 0 Å². The van der Waals surface area contributed by atoms with Crippen molar-refractivity contribution >= 4 is 11.8 Å². The number of nitrogens with one attached hydrogen (secondary N) is 1. The van der Waals surface area contributed by atoms with E-state index < -0.39 is 17.6 Å². The van der Waals surface area contributed by atoms with E-state index in [0.717, 1.165) is 24.5 Å². The van der Waals surface area contributed by atoms with Gasteiger partial charge in [-0.3, -0.25) is 4.79 Å². The summed E-state index contributed by atoms with van der Waals surface area (Å²) in [5.41, 5.74) is 2.25. The second-order valence-corrected chi connectivity index (χ2v) is 8.57. The minimum absolute atomic E-state index is 0.119. The second kappa shape index (κ2) is 19.3. The van der Waals surface area contributed by atoms with Crippen LogP contribution in [-0.4, -0.2) is 49.1 Å². The van der Waals surface area contributed by atoms with Gasteiger partial charge in [-0.05, 0) is 43.1 Å². The summed E-state index contributed by atoms with van der Waals surface area (Å²) in [5, 5.41) is 12.1. The van der Waals surface area contributed by atoms with Gasteiger partial charge in [0, 0.05) is 38.4 Å². The van der Waals surface area contributed by atoms with Crippen LogP contribution in [0.4, 0.5) is 8.78 Å². The summed E-state index contributed by atoms with van der Waals surface area (Å²) in [6.07, 6.45) is 21.0. The maximum absolute atomic E-state index is 14.5. The van der Waals surface area contributed by atoms with Crippen LogP contribution in [0.3, 0.4) is 0 Å². The quantitative estimate of drug-likeness (QED) is 0.123. The van der Waals surface area contributed by atoms with Crippen molar-refractivity contribution in [3.63, 3.8) is 0 Å². The Balaban J connectivity index is 3.32. The van der Waals surface area contributed by atoms with Gasteiger partial charge in [0.2, 0.25) is 0 Å². The van der Waals surface area contributed by atoms with Crippen molar-refractivity contribution in [3.8, 4) is 0 Å². The molecule has 1 aliphatic rings. The van der Waals surface area contributed by atoms with Crippen molar-refractivity contribution in [2.24, 2.45) is 4.99 Å². The summed E-state index contributed by atoms with van der Waals surface area (Å²) in [7, 11) is 3.41. The van der Waals surface area contributed by atoms with Crippen molar-refractivity contribution in [2.75, 3.05) is 27.3 Å². The number of hydrogen-bond donors (Lipinski definition) is 2. The number of carboxylic acid groups (broad SMARTS) is 1. The Morgan fingerprint density at radius 2 is 1.95 bits per heavy atom. The molecular formula is C31H41F2N3O3. The average Bonchev–Trinajstić information content (AvgIpc) is 3.07. The van der Waals surface area contributed by atoms with Gasteiger partial charge in [0.1, 0.15) is 17.5 Å². The Kier molecular flexibility index (Phi) is 16.5. The van der Waals surface area contributed by atoms with Crippen molar-refractivity contribution < 1.29 is 23.4 Å². The van der Waals surface area contributed by atoms with Crippen LogP contribution < -0.4 is 5.32 Å². The summed E-state index contributed by atoms with van der Waals surface area (Å²) in [6.45, 7) is 9.16. The minimum Gasteiger partial charge on any atom is -0.481 e. The lowest BCUT2D eigenvalue weighted by molar-refractivity contribution is -0.136. The van der Waals surface area contributed by atoms with E-state index in [2.05, 4.69) is 36.0 Å². The number of carbonyl (C=O) groups is 1. The Morgan fingerprint density at radius 1 is 1.23 bits per heavy atom. The van der Waals surface area contributed by atoms with E-state index in [4.69, 9.17) is 9.84 Å². The van der Waals surface area contributed by atoms with Gasteiger partial charge in [0.25, 0.3) is 0 Å². The van der Waals surface area contributed by atoms with E-state index in [1.165, 1.54) is 12.2 Å². The normalized spacial score (nSPS) is 15.4. The van der Waals surface area contributed by atoms with E-state index in [-0.39, 0.29) is 12.8 Å². The minimum atomic E-state index is -0.937. The smallest absolute Gasteiger partial charge is 0.307 e. The highest BCUT2D eigenvalue weighted by Crippen LogP contribution is 2.25. The molecule has 0 aromatic rings. The largest absolute Gasteiger partial charge is 0.481 e. The lowest BCUT2D eigenvalue weighted by Gasteiger charge is -2.25. The molecule has 0 aromatic carbocycles. The van der Waals surface area contributed by atoms with Gasteiger partial charge in [-0.15, -0.1) is 0 Å². The van der Waals surface area contributed by atoms with Crippen LogP contribution >= 0.6 is 0 Å². The molecule has 0 bridgehead atoms. The molecule has 6 nitrogen and oxygen atoms in total. The van der Waals surface area contributed by atoms with Crippen molar-refractivity contribution in [1.29, 1.82) is 0 Å². The Bertz CT molecular complexity index is 1110. The molecule has 8 heteroatoms. The van der Waals surface area contributed by atoms with Gasteiger partial charge in [0.05, 0.1) is 13.0 Å². The van der Waals surface area contributed by atoms with Crippen LogP contribution in [0.2, 0.25) is 0 Å². The molecule has 0 aromatic heterocycles. The van der Waals surface area contributed by atoms with E-state index in [9.17, 15) is 13.6 Å². The Labute approximate surface area is 231 Å². The van der Waals surface area contributed by atoms with Gasteiger partial charge in [-0.25, -0.2) is 13.8 Å². The number of amidine groups is 1. The number of aliphatic imine (C=N–C) groups is 1. The van der Waals surface area contributed by atoms with Gasteiger partial charge in [0.15, 0.2) is 5.83 Å². The highest BCUT2D eigenvalue weighted by molar-refractivity contribution is 6.00. The van der Waals surface area contributed by atoms with Gasteiger partial charge in [-0.2, -0.15) is 0 Å². The first-order valence-corrected chi connectivity index (χ1v) is 13.0. The summed E-state index contributed by atoms with van der Waals surface area (Å²) >= 11 is 0. The fraction of sp³-hybridized carbons (Fsp3) is 0.355. The number of likely N-dealkylation sites (N-methyl/N-ethyl adjacent to an activating group) is 1. The molecule has 0 fully saturated rings. The van der Waals surface area contributed by atoms with Crippen LogP contribution in [0.25, 0.3) is 0 Å². The zero-order chi connectivity index (χ0) is 29.0. The van der Waals surface area contributed by atoms with Crippen LogP contribution in [0, 0.1) is 0 Å². The first-order valence-electron chi connectivity index (χ1n) is 13.0. The highest BCUT2D eigenvalue weighted by Gasteiger charge is 2.19. The molecular weight excluding hydrogens is 500 g/mol. The number of hydrogen-bond acceptors (Lipinski definition) is 4. The first kappa shape index (κ1) is 33.2. The molecule has 0 radical (unpaired) electrons. The number of rotatable bonds is 16. The second-order valence-electron chi connectivity index (χ2n) is 8.57. The van der Waals surface area contributed by atoms with Crippen molar-refractivity contribution in [2.45, 2.75) is 46.0 Å². The number of methoxy groups -OCH3 is 1. The van der Waals surface area contributed by atoms with Gasteiger partial charge < -0.3 is 20.1 Å². The fourth-order valence-electron chi connectivity index (χ4n) is 3.37. The third-order valence-corrected chi connectivity index (χ3v) is 5.42. The highest BCUT2D eigenvalue weighted by atomic mass is 19.2. The molecule has 0 spiro atoms. The lowest BCUT2D eigenvalue weighted by atomic mass is 10.1. The molecule has 39 heavy (non-hydrogen) atoms. The average molecular weight is 542 g/mol. The fourth-order valence-corrected chi connectivity index (χ4v) is 3.37. The molecule has 1 aliphatic carbocycles. The predicted molar refractivity (Wildman–Crippen MR) is 156 cm³/mol. The summed E-state index contributed by atoms with van der Waals surface area (Å²) in [5.74, 6) is -2.01. The molecule has 2 N–H and O–H groups in total. The molecule has 212 valence electrons. The Hall–Kier alpha value is -3.78. The van der Waals surface area contributed by atoms with Crippen LogP contribution in [0.15, 0.2) is 113 Å². The zero-order valence-electron chi connectivity index (χ0n) is 23.4. The molecule has 0 amide bonds. The van der Waals surface area contributed by atoms with Gasteiger partial charge in [-0.1, -0.05) is 69.0 Å². The first-order chi connectivity index (χ1) is 18.7. The molecule has 0 aliphatic heterocycles. The van der Waals surface area contributed by atoms with E-state index >= 15 is 0 Å². The molecule has 0 heterocycles. The molecule has 0 unspecified atom stereocenters. The number of carboxylic acids is 1. The van der Waals surface area contributed by atoms with Gasteiger partial charge >= 0.3 is 5.97 Å². The topological polar surface area (TPSA) is 74.2 Å². The monoisotopic (exact) mass is 541 g/mol. The zero-order valence-corrected chi connectivity index (χ0v) is 23.4. The van der Waals surface area contributed by atoms with E-state index in [1.807, 2.05) is 25.2 Å². The summed E-state index contributed by atoms with van der Waals surface area (Å²) in [6, 6.07) is 0. The molecule has 0 saturated heterocycles. The third-order valence-electron chi connectivity index (χ3n) is 5.42. The summed E-state index contributed by atoms with van der Waals surface area (Å²) in [4.78, 5) is 17.3. The van der Waals surface area contributed by atoms with Crippen molar-refractivity contribution in [3.05, 3.63) is 108 Å². The van der Waals surface area contributed by atoms with E-state index in [0.29, 0.717) is 42.5 Å². The van der Waals surface area contributed by atoms with E-state index in [1.54, 1.807) is 37.3 Å². The standard InChI is InChI=1S/C31H41F2N3O3/c1-6-8-13-25(20-22-39-5)19-21-34-24(3)35-31(26-14-12-17-28(32)29(33)23-26)36(4)27(15-9-7-2)16-10-11-18-30(37)38/h8-17,20,34H,3,6-7,18-19,21-23H2,1-2,4-5H3,(H,37,38)/b11-10+,13-8-,15-9-,25-20+,27-16+,35-31-. The van der Waals surface area contributed by atoms with Crippen LogP contribution in [-0.2, 0) is 9.53 Å². The summed E-state index contributed by atoms with van der Waals surface area (Å²) < 4.78 is 33.6. The maximum Gasteiger partial charge on any atom is 0.307 e. The third kappa shape index (κ3) is 13.5. The number of nitrogens with zero attached hydrogens (tertiary/aromatic N) is 2. The Morgan fingerprint density at radius 3 is 2.62 bits per heavy atom. The van der Waals surface area contributed by atoms with Crippen LogP contribution in [0.1, 0.15) is 46.0 Å². The lowest BCUT2D eigenvalue weighted by Crippen LogP contribution is -2.29. The molecule has 0 saturated carbocycles. The number of allylic oxidation sites excluding steroid dienone is 11.